The summed E-state index contributed by atoms with van der Waals surface area (Å²) in [6.07, 6.45) is 0. The van der Waals surface area contributed by atoms with E-state index >= 15 is 0 Å². The number of nitrogens with zero attached hydrogens (tertiary/aromatic N) is 3. The molecule has 0 radical (unpaired) electrons. The summed E-state index contributed by atoms with van der Waals surface area (Å²) in [5.74, 6) is 0.411. The molecule has 8 nitrogen and oxygen atoms in total. The van der Waals surface area contributed by atoms with Crippen LogP contribution < -0.4 is 10.0 Å². The van der Waals surface area contributed by atoms with Gasteiger partial charge in [-0.25, -0.2) is 17.5 Å². The molecule has 3 aromatic carbocycles. The van der Waals surface area contributed by atoms with Crippen molar-refractivity contribution in [2.24, 2.45) is 0 Å². The van der Waals surface area contributed by atoms with Crippen LogP contribution in [0.5, 0.6) is 0 Å². The number of hydrogen-bond donors (Lipinski definition) is 2. The number of aromatic nitrogens is 3. The molecule has 1 aromatic heterocycles. The normalized spacial score (nSPS) is 11.4. The average molecular weight is 526 g/mol. The first-order valence-electron chi connectivity index (χ1n) is 11.0. The van der Waals surface area contributed by atoms with Crippen LogP contribution in [0.15, 0.2) is 82.8 Å². The molecule has 0 atom stereocenters. The second kappa shape index (κ2) is 11.0. The van der Waals surface area contributed by atoms with Gasteiger partial charge in [0.15, 0.2) is 11.0 Å². The first-order chi connectivity index (χ1) is 17.2. The summed E-state index contributed by atoms with van der Waals surface area (Å²) in [7, 11) is -3.85. The number of thioether (sulfide) groups is 1. The summed E-state index contributed by atoms with van der Waals surface area (Å²) in [6.45, 7) is 3.27. The van der Waals surface area contributed by atoms with Gasteiger partial charge in [-0.1, -0.05) is 41.6 Å². The van der Waals surface area contributed by atoms with Gasteiger partial charge in [0.25, 0.3) is 0 Å². The number of amides is 1. The van der Waals surface area contributed by atoms with Crippen molar-refractivity contribution in [1.29, 1.82) is 0 Å². The van der Waals surface area contributed by atoms with E-state index in [1.54, 1.807) is 16.7 Å². The molecule has 1 heterocycles. The zero-order chi connectivity index (χ0) is 25.7. The third kappa shape index (κ3) is 6.36. The largest absolute Gasteiger partial charge is 0.326 e. The Balaban J connectivity index is 1.55. The number of benzene rings is 3. The van der Waals surface area contributed by atoms with Gasteiger partial charge in [-0.15, -0.1) is 10.2 Å². The van der Waals surface area contributed by atoms with Crippen molar-refractivity contribution in [3.8, 4) is 5.69 Å². The Hall–Kier alpha value is -3.54. The van der Waals surface area contributed by atoms with Gasteiger partial charge in [0.1, 0.15) is 5.82 Å². The second-order valence-corrected chi connectivity index (χ2v) is 10.7. The van der Waals surface area contributed by atoms with E-state index in [0.29, 0.717) is 22.4 Å². The number of sulfonamides is 1. The Morgan fingerprint density at radius 1 is 0.972 bits per heavy atom. The van der Waals surface area contributed by atoms with Crippen LogP contribution in [0.3, 0.4) is 0 Å². The molecule has 0 aliphatic carbocycles. The first-order valence-corrected chi connectivity index (χ1v) is 13.4. The van der Waals surface area contributed by atoms with Crippen molar-refractivity contribution in [3.05, 3.63) is 95.6 Å². The molecule has 0 bridgehead atoms. The van der Waals surface area contributed by atoms with Crippen LogP contribution in [0, 0.1) is 12.7 Å². The maximum absolute atomic E-state index is 13.2. The third-order valence-electron chi connectivity index (χ3n) is 5.18. The van der Waals surface area contributed by atoms with Crippen LogP contribution >= 0.6 is 11.8 Å². The molecule has 0 saturated carbocycles. The number of halogens is 1. The van der Waals surface area contributed by atoms with E-state index < -0.39 is 10.0 Å². The monoisotopic (exact) mass is 525 g/mol. The molecular weight excluding hydrogens is 501 g/mol. The molecule has 4 rings (SSSR count). The maximum atomic E-state index is 13.2. The lowest BCUT2D eigenvalue weighted by atomic mass is 10.2. The fraction of sp³-hybridized carbons (Fsp3) is 0.160. The van der Waals surface area contributed by atoms with Crippen molar-refractivity contribution >= 4 is 33.4 Å². The number of rotatable bonds is 9. The summed E-state index contributed by atoms with van der Waals surface area (Å²) < 4.78 is 43.4. The van der Waals surface area contributed by atoms with Crippen molar-refractivity contribution < 1.29 is 17.6 Å². The highest BCUT2D eigenvalue weighted by Crippen LogP contribution is 2.26. The minimum atomic E-state index is -3.85. The van der Waals surface area contributed by atoms with Crippen LogP contribution in [-0.4, -0.2) is 29.1 Å². The number of nitrogens with one attached hydrogen (secondary N) is 2. The Bertz CT molecular complexity index is 1450. The van der Waals surface area contributed by atoms with Crippen LogP contribution in [0.4, 0.5) is 10.1 Å². The van der Waals surface area contributed by atoms with E-state index in [-0.39, 0.29) is 23.2 Å². The molecular formula is C25H24FN5O3S2. The van der Waals surface area contributed by atoms with Gasteiger partial charge < -0.3 is 5.32 Å². The number of hydrogen-bond acceptors (Lipinski definition) is 6. The molecule has 0 fully saturated rings. The van der Waals surface area contributed by atoms with E-state index in [0.717, 1.165) is 16.8 Å². The predicted octanol–water partition coefficient (Wildman–Crippen LogP) is 4.44. The smallest absolute Gasteiger partial charge is 0.240 e. The van der Waals surface area contributed by atoms with Crippen LogP contribution in [-0.2, 0) is 27.1 Å². The standard InChI is InChI=1S/C25H24FN5O3S2/c1-17-3-11-22(12-4-17)31-24(29-30-25(31)35-16-19-5-7-20(26)8-6-19)15-27-36(33,34)23-13-9-21(10-14-23)28-18(2)32/h3-14,27H,15-16H2,1-2H3,(H,28,32). The lowest BCUT2D eigenvalue weighted by Crippen LogP contribution is -2.25. The minimum Gasteiger partial charge on any atom is -0.326 e. The highest BCUT2D eigenvalue weighted by atomic mass is 32.2. The molecule has 0 spiro atoms. The van der Waals surface area contributed by atoms with Gasteiger partial charge in [-0.05, 0) is 61.0 Å². The summed E-state index contributed by atoms with van der Waals surface area (Å²) >= 11 is 1.42. The molecule has 0 unspecified atom stereocenters. The lowest BCUT2D eigenvalue weighted by molar-refractivity contribution is -0.114. The number of carbonyl (C=O) groups excluding carboxylic acids is 1. The Kier molecular flexibility index (Phi) is 7.82. The highest BCUT2D eigenvalue weighted by Gasteiger charge is 2.19. The van der Waals surface area contributed by atoms with Gasteiger partial charge in [0.05, 0.1) is 11.4 Å². The van der Waals surface area contributed by atoms with Crippen molar-refractivity contribution in [2.75, 3.05) is 5.32 Å². The van der Waals surface area contributed by atoms with Gasteiger partial charge in [0, 0.05) is 24.1 Å². The summed E-state index contributed by atoms with van der Waals surface area (Å²) in [4.78, 5) is 11.2. The van der Waals surface area contributed by atoms with E-state index in [1.807, 2.05) is 31.2 Å². The molecule has 36 heavy (non-hydrogen) atoms. The SMILES string of the molecule is CC(=O)Nc1ccc(S(=O)(=O)NCc2nnc(SCc3ccc(F)cc3)n2-c2ccc(C)cc2)cc1. The van der Waals surface area contributed by atoms with Crippen molar-refractivity contribution in [2.45, 2.75) is 36.2 Å². The fourth-order valence-corrected chi connectivity index (χ4v) is 5.26. The fourth-order valence-electron chi connectivity index (χ4n) is 3.35. The average Bonchev–Trinajstić information content (AvgIpc) is 3.26. The second-order valence-electron chi connectivity index (χ2n) is 8.02. The minimum absolute atomic E-state index is 0.0592. The van der Waals surface area contributed by atoms with Crippen LogP contribution in [0.25, 0.3) is 5.69 Å². The van der Waals surface area contributed by atoms with Crippen LogP contribution in [0.2, 0.25) is 0 Å². The van der Waals surface area contributed by atoms with E-state index in [2.05, 4.69) is 20.2 Å². The maximum Gasteiger partial charge on any atom is 0.240 e. The van der Waals surface area contributed by atoms with Gasteiger partial charge in [0.2, 0.25) is 15.9 Å². The quantitative estimate of drug-likeness (QED) is 0.313. The molecule has 2 N–H and O–H groups in total. The zero-order valence-electron chi connectivity index (χ0n) is 19.6. The molecule has 1 amide bonds. The van der Waals surface area contributed by atoms with Gasteiger partial charge >= 0.3 is 0 Å². The molecule has 0 aliphatic heterocycles. The lowest BCUT2D eigenvalue weighted by Gasteiger charge is -2.12. The molecule has 186 valence electrons. The molecule has 0 saturated heterocycles. The Morgan fingerprint density at radius 3 is 2.28 bits per heavy atom. The Labute approximate surface area is 213 Å². The van der Waals surface area contributed by atoms with E-state index in [4.69, 9.17) is 0 Å². The summed E-state index contributed by atoms with van der Waals surface area (Å²) in [5, 5.41) is 11.7. The third-order valence-corrected chi connectivity index (χ3v) is 7.60. The number of anilines is 1. The first kappa shape index (κ1) is 25.5. The van der Waals surface area contributed by atoms with Crippen molar-refractivity contribution in [3.63, 3.8) is 0 Å². The highest BCUT2D eigenvalue weighted by molar-refractivity contribution is 7.98. The van der Waals surface area contributed by atoms with E-state index in [9.17, 15) is 17.6 Å². The predicted molar refractivity (Wildman–Crippen MR) is 137 cm³/mol. The van der Waals surface area contributed by atoms with Crippen molar-refractivity contribution in [1.82, 2.24) is 19.5 Å². The molecule has 11 heteroatoms. The summed E-state index contributed by atoms with van der Waals surface area (Å²) in [6, 6.07) is 19.9. The van der Waals surface area contributed by atoms with E-state index in [1.165, 1.54) is 55.1 Å². The van der Waals surface area contributed by atoms with Crippen LogP contribution in [0.1, 0.15) is 23.9 Å². The zero-order valence-corrected chi connectivity index (χ0v) is 21.2. The topological polar surface area (TPSA) is 106 Å². The molecule has 4 aromatic rings. The number of aryl methyl sites for hydroxylation is 1. The van der Waals surface area contributed by atoms with Gasteiger partial charge in [-0.3, -0.25) is 9.36 Å². The number of carbonyl (C=O) groups is 1. The Morgan fingerprint density at radius 2 is 1.64 bits per heavy atom. The molecule has 0 aliphatic rings. The van der Waals surface area contributed by atoms with Gasteiger partial charge in [-0.2, -0.15) is 0 Å². The summed E-state index contributed by atoms with van der Waals surface area (Å²) in [5.41, 5.74) is 3.30.